The molecule has 122 valence electrons. The quantitative estimate of drug-likeness (QED) is 0.766. The molecule has 0 unspecified atom stereocenters. The van der Waals surface area contributed by atoms with Crippen molar-refractivity contribution in [2.75, 3.05) is 19.4 Å². The molecular weight excluding hydrogens is 337 g/mol. The van der Waals surface area contributed by atoms with Crippen molar-refractivity contribution in [2.24, 2.45) is 0 Å². The highest BCUT2D eigenvalue weighted by Crippen LogP contribution is 2.23. The smallest absolute Gasteiger partial charge is 0.230 e. The van der Waals surface area contributed by atoms with Gasteiger partial charge in [0.1, 0.15) is 11.6 Å². The van der Waals surface area contributed by atoms with E-state index in [9.17, 15) is 9.18 Å². The third kappa shape index (κ3) is 5.77. The molecule has 0 atom stereocenters. The number of thioether (sulfide) groups is 1. The van der Waals surface area contributed by atoms with Crippen molar-refractivity contribution in [1.82, 2.24) is 5.32 Å². The second-order valence-corrected chi connectivity index (χ2v) is 6.27. The second kappa shape index (κ2) is 8.79. The summed E-state index contributed by atoms with van der Waals surface area (Å²) in [7, 11) is 1.63. The molecule has 3 nitrogen and oxygen atoms in total. The summed E-state index contributed by atoms with van der Waals surface area (Å²) in [6.07, 6.45) is 0.753. The van der Waals surface area contributed by atoms with Gasteiger partial charge in [-0.25, -0.2) is 4.39 Å². The SMILES string of the molecule is COc1ccc(CCNC(=O)CSc2ccc(F)c(Cl)c2)cc1. The zero-order valence-corrected chi connectivity index (χ0v) is 14.2. The first kappa shape index (κ1) is 17.6. The van der Waals surface area contributed by atoms with Crippen molar-refractivity contribution < 1.29 is 13.9 Å². The lowest BCUT2D eigenvalue weighted by atomic mass is 10.1. The van der Waals surface area contributed by atoms with E-state index in [2.05, 4.69) is 5.32 Å². The highest BCUT2D eigenvalue weighted by Gasteiger charge is 2.05. The fourth-order valence-electron chi connectivity index (χ4n) is 1.91. The van der Waals surface area contributed by atoms with Gasteiger partial charge in [-0.1, -0.05) is 23.7 Å². The molecule has 0 bridgehead atoms. The van der Waals surface area contributed by atoms with Crippen LogP contribution in [0.2, 0.25) is 5.02 Å². The van der Waals surface area contributed by atoms with Crippen LogP contribution in [0.4, 0.5) is 4.39 Å². The fraction of sp³-hybridized carbons (Fsp3) is 0.235. The van der Waals surface area contributed by atoms with E-state index in [0.717, 1.165) is 22.6 Å². The van der Waals surface area contributed by atoms with Gasteiger partial charge in [-0.3, -0.25) is 4.79 Å². The number of methoxy groups -OCH3 is 1. The molecule has 1 amide bonds. The molecule has 0 fully saturated rings. The Hall–Kier alpha value is -1.72. The number of carbonyl (C=O) groups excluding carboxylic acids is 1. The van der Waals surface area contributed by atoms with Crippen molar-refractivity contribution in [2.45, 2.75) is 11.3 Å². The van der Waals surface area contributed by atoms with Crippen LogP contribution in [0.1, 0.15) is 5.56 Å². The van der Waals surface area contributed by atoms with Gasteiger partial charge in [-0.15, -0.1) is 11.8 Å². The lowest BCUT2D eigenvalue weighted by Gasteiger charge is -2.06. The van der Waals surface area contributed by atoms with Gasteiger partial charge in [0.25, 0.3) is 0 Å². The standard InChI is InChI=1S/C17H17ClFNO2S/c1-22-13-4-2-12(3-5-13)8-9-20-17(21)11-23-14-6-7-16(19)15(18)10-14/h2-7,10H,8-9,11H2,1H3,(H,20,21). The molecular formula is C17H17ClFNO2S. The number of benzene rings is 2. The molecule has 0 aromatic heterocycles. The Bertz CT molecular complexity index is 664. The van der Waals surface area contributed by atoms with Crippen LogP contribution in [0.15, 0.2) is 47.4 Å². The molecule has 0 radical (unpaired) electrons. The maximum absolute atomic E-state index is 13.0. The molecule has 0 saturated heterocycles. The van der Waals surface area contributed by atoms with E-state index < -0.39 is 5.82 Å². The van der Waals surface area contributed by atoms with Gasteiger partial charge in [-0.05, 0) is 42.3 Å². The van der Waals surface area contributed by atoms with Gasteiger partial charge in [0.2, 0.25) is 5.91 Å². The van der Waals surface area contributed by atoms with Crippen LogP contribution in [-0.4, -0.2) is 25.3 Å². The number of carbonyl (C=O) groups is 1. The maximum Gasteiger partial charge on any atom is 0.230 e. The predicted molar refractivity (Wildman–Crippen MR) is 91.8 cm³/mol. The second-order valence-electron chi connectivity index (χ2n) is 4.81. The Morgan fingerprint density at radius 2 is 2.00 bits per heavy atom. The molecule has 0 heterocycles. The summed E-state index contributed by atoms with van der Waals surface area (Å²) in [6, 6.07) is 12.2. The molecule has 2 aromatic rings. The first-order valence-corrected chi connectivity index (χ1v) is 8.42. The number of rotatable bonds is 7. The molecule has 0 aliphatic heterocycles. The molecule has 23 heavy (non-hydrogen) atoms. The topological polar surface area (TPSA) is 38.3 Å². The Morgan fingerprint density at radius 3 is 2.65 bits per heavy atom. The molecule has 0 saturated carbocycles. The lowest BCUT2D eigenvalue weighted by Crippen LogP contribution is -2.27. The minimum absolute atomic E-state index is 0.0647. The van der Waals surface area contributed by atoms with Crippen molar-refractivity contribution in [3.63, 3.8) is 0 Å². The number of halogens is 2. The minimum atomic E-state index is -0.458. The Labute approximate surface area is 144 Å². The first-order valence-electron chi connectivity index (χ1n) is 7.06. The molecule has 1 N–H and O–H groups in total. The summed E-state index contributed by atoms with van der Waals surface area (Å²) in [5, 5.41) is 2.92. The molecule has 2 rings (SSSR count). The fourth-order valence-corrected chi connectivity index (χ4v) is 2.92. The average molecular weight is 354 g/mol. The van der Waals surface area contributed by atoms with E-state index in [1.807, 2.05) is 24.3 Å². The van der Waals surface area contributed by atoms with Gasteiger partial charge < -0.3 is 10.1 Å². The van der Waals surface area contributed by atoms with E-state index in [-0.39, 0.29) is 16.7 Å². The predicted octanol–water partition coefficient (Wildman–Crippen LogP) is 3.94. The van der Waals surface area contributed by atoms with Crippen LogP contribution in [0.5, 0.6) is 5.75 Å². The van der Waals surface area contributed by atoms with Gasteiger partial charge in [0.05, 0.1) is 17.9 Å². The number of hydrogen-bond donors (Lipinski definition) is 1. The van der Waals surface area contributed by atoms with Crippen LogP contribution < -0.4 is 10.1 Å². The molecule has 0 spiro atoms. The zero-order valence-electron chi connectivity index (χ0n) is 12.6. The third-order valence-electron chi connectivity index (χ3n) is 3.16. The number of nitrogens with one attached hydrogen (secondary N) is 1. The van der Waals surface area contributed by atoms with Crippen molar-refractivity contribution in [3.8, 4) is 5.75 Å². The number of hydrogen-bond acceptors (Lipinski definition) is 3. The van der Waals surface area contributed by atoms with Crippen molar-refractivity contribution in [3.05, 3.63) is 58.9 Å². The van der Waals surface area contributed by atoms with Crippen LogP contribution in [-0.2, 0) is 11.2 Å². The maximum atomic E-state index is 13.0. The van der Waals surface area contributed by atoms with Crippen LogP contribution in [0.3, 0.4) is 0 Å². The summed E-state index contributed by atoms with van der Waals surface area (Å²) in [5.74, 6) is 0.556. The Morgan fingerprint density at radius 1 is 1.26 bits per heavy atom. The Kier molecular flexibility index (Phi) is 6.74. The zero-order chi connectivity index (χ0) is 16.7. The molecule has 0 aliphatic carbocycles. The summed E-state index contributed by atoms with van der Waals surface area (Å²) in [5.41, 5.74) is 1.13. The lowest BCUT2D eigenvalue weighted by molar-refractivity contribution is -0.118. The highest BCUT2D eigenvalue weighted by atomic mass is 35.5. The summed E-state index contributed by atoms with van der Waals surface area (Å²) in [6.45, 7) is 0.565. The minimum Gasteiger partial charge on any atom is -0.497 e. The van der Waals surface area contributed by atoms with Crippen molar-refractivity contribution >= 4 is 29.3 Å². The van der Waals surface area contributed by atoms with Gasteiger partial charge >= 0.3 is 0 Å². The van der Waals surface area contributed by atoms with Crippen molar-refractivity contribution in [1.29, 1.82) is 0 Å². The molecule has 0 aliphatic rings. The van der Waals surface area contributed by atoms with E-state index in [0.29, 0.717) is 6.54 Å². The summed E-state index contributed by atoms with van der Waals surface area (Å²) < 4.78 is 18.1. The van der Waals surface area contributed by atoms with E-state index in [4.69, 9.17) is 16.3 Å². The van der Waals surface area contributed by atoms with Crippen LogP contribution >= 0.6 is 23.4 Å². The first-order chi connectivity index (χ1) is 11.1. The number of ether oxygens (including phenoxy) is 1. The monoisotopic (exact) mass is 353 g/mol. The Balaban J connectivity index is 1.71. The van der Waals surface area contributed by atoms with Crippen LogP contribution in [0, 0.1) is 5.82 Å². The highest BCUT2D eigenvalue weighted by molar-refractivity contribution is 8.00. The van der Waals surface area contributed by atoms with Gasteiger partial charge in [-0.2, -0.15) is 0 Å². The summed E-state index contributed by atoms with van der Waals surface area (Å²) in [4.78, 5) is 12.6. The van der Waals surface area contributed by atoms with Gasteiger partial charge in [0.15, 0.2) is 0 Å². The van der Waals surface area contributed by atoms with E-state index in [1.165, 1.54) is 23.9 Å². The van der Waals surface area contributed by atoms with Gasteiger partial charge in [0, 0.05) is 11.4 Å². The average Bonchev–Trinajstić information content (AvgIpc) is 2.56. The normalized spacial score (nSPS) is 10.4. The van der Waals surface area contributed by atoms with E-state index in [1.54, 1.807) is 13.2 Å². The number of amides is 1. The third-order valence-corrected chi connectivity index (χ3v) is 4.44. The molecule has 6 heteroatoms. The molecule has 2 aromatic carbocycles. The largest absolute Gasteiger partial charge is 0.497 e. The van der Waals surface area contributed by atoms with Crippen LogP contribution in [0.25, 0.3) is 0 Å². The van der Waals surface area contributed by atoms with E-state index >= 15 is 0 Å². The summed E-state index contributed by atoms with van der Waals surface area (Å²) >= 11 is 7.03.